The number of hydrogen-bond acceptors (Lipinski definition) is 4. The molecule has 2 N–H and O–H groups in total. The second-order valence-corrected chi connectivity index (χ2v) is 5.72. The van der Waals surface area contributed by atoms with Gasteiger partial charge >= 0.3 is 0 Å². The number of hydrogen-bond donors (Lipinski definition) is 1. The normalized spacial score (nSPS) is 18.2. The Bertz CT molecular complexity index is 575. The number of amides is 1. The highest BCUT2D eigenvalue weighted by Crippen LogP contribution is 2.36. The molecule has 1 amide bonds. The Kier molecular flexibility index (Phi) is 3.58. The van der Waals surface area contributed by atoms with Crippen molar-refractivity contribution >= 4 is 17.3 Å². The summed E-state index contributed by atoms with van der Waals surface area (Å²) in [7, 11) is 0. The summed E-state index contributed by atoms with van der Waals surface area (Å²) in [5.41, 5.74) is 6.60. The largest absolute Gasteiger partial charge is 0.479 e. The van der Waals surface area contributed by atoms with E-state index in [1.807, 2.05) is 13.8 Å². The Balaban J connectivity index is 2.28. The second-order valence-electron chi connectivity index (χ2n) is 5.72. The van der Waals surface area contributed by atoms with Crippen LogP contribution in [0, 0.1) is 16.7 Å². The number of carbonyl (C=O) groups is 1. The smallest absolute Gasteiger partial charge is 0.267 e. The summed E-state index contributed by atoms with van der Waals surface area (Å²) in [6.45, 7) is 5.94. The van der Waals surface area contributed by atoms with E-state index < -0.39 is 11.5 Å². The summed E-state index contributed by atoms with van der Waals surface area (Å²) in [5, 5.41) is 9.08. The Labute approximate surface area is 118 Å². The van der Waals surface area contributed by atoms with Gasteiger partial charge in [0.05, 0.1) is 17.2 Å². The predicted molar refractivity (Wildman–Crippen MR) is 77.3 cm³/mol. The zero-order valence-electron chi connectivity index (χ0n) is 12.0. The first-order chi connectivity index (χ1) is 9.34. The van der Waals surface area contributed by atoms with Crippen LogP contribution in [-0.2, 0) is 4.79 Å². The number of rotatable bonds is 3. The van der Waals surface area contributed by atoms with Crippen molar-refractivity contribution in [2.24, 2.45) is 5.41 Å². The number of nitrogen functional groups attached to an aromatic ring is 1. The lowest BCUT2D eigenvalue weighted by Gasteiger charge is -2.34. The van der Waals surface area contributed by atoms with Crippen LogP contribution in [-0.4, -0.2) is 18.6 Å². The standard InChI is InChI=1S/C15H19N3O2/c1-10-14(19)18(7-6-15(2,3)9-16)12-5-4-11(17)8-13(12)20-10/h4-5,8,10H,6-7,17H2,1-3H3. The van der Waals surface area contributed by atoms with E-state index in [1.165, 1.54) is 0 Å². The Morgan fingerprint density at radius 2 is 2.20 bits per heavy atom. The summed E-state index contributed by atoms with van der Waals surface area (Å²) in [4.78, 5) is 13.9. The third-order valence-electron chi connectivity index (χ3n) is 3.46. The molecule has 0 bridgehead atoms. The molecule has 106 valence electrons. The number of nitriles is 1. The molecule has 1 unspecified atom stereocenters. The molecule has 0 aliphatic carbocycles. The second kappa shape index (κ2) is 5.04. The van der Waals surface area contributed by atoms with Gasteiger partial charge in [-0.3, -0.25) is 4.79 Å². The van der Waals surface area contributed by atoms with E-state index in [-0.39, 0.29) is 5.91 Å². The van der Waals surface area contributed by atoms with Crippen molar-refractivity contribution in [3.63, 3.8) is 0 Å². The van der Waals surface area contributed by atoms with E-state index in [0.29, 0.717) is 24.4 Å². The lowest BCUT2D eigenvalue weighted by atomic mass is 9.91. The van der Waals surface area contributed by atoms with Crippen molar-refractivity contribution in [2.45, 2.75) is 33.3 Å². The van der Waals surface area contributed by atoms with Gasteiger partial charge in [-0.2, -0.15) is 5.26 Å². The van der Waals surface area contributed by atoms with Crippen LogP contribution in [0.15, 0.2) is 18.2 Å². The van der Waals surface area contributed by atoms with Crippen molar-refractivity contribution in [1.29, 1.82) is 5.26 Å². The van der Waals surface area contributed by atoms with Gasteiger partial charge in [-0.25, -0.2) is 0 Å². The molecule has 1 aromatic rings. The molecule has 0 spiro atoms. The highest BCUT2D eigenvalue weighted by atomic mass is 16.5. The average Bonchev–Trinajstić information content (AvgIpc) is 2.39. The van der Waals surface area contributed by atoms with Crippen molar-refractivity contribution in [3.8, 4) is 11.8 Å². The highest BCUT2D eigenvalue weighted by molar-refractivity contribution is 6.00. The number of benzene rings is 1. The summed E-state index contributed by atoms with van der Waals surface area (Å²) in [6, 6.07) is 7.50. The first-order valence-corrected chi connectivity index (χ1v) is 6.63. The maximum atomic E-state index is 12.3. The molecule has 2 rings (SSSR count). The molecule has 1 aliphatic rings. The molecule has 1 atom stereocenters. The molecule has 0 aromatic heterocycles. The molecule has 5 nitrogen and oxygen atoms in total. The first-order valence-electron chi connectivity index (χ1n) is 6.63. The van der Waals surface area contributed by atoms with Crippen LogP contribution in [0.4, 0.5) is 11.4 Å². The highest BCUT2D eigenvalue weighted by Gasteiger charge is 2.32. The number of carbonyl (C=O) groups excluding carboxylic acids is 1. The number of anilines is 2. The van der Waals surface area contributed by atoms with E-state index in [9.17, 15) is 4.79 Å². The molecule has 1 aliphatic heterocycles. The maximum Gasteiger partial charge on any atom is 0.267 e. The summed E-state index contributed by atoms with van der Waals surface area (Å²) in [6.07, 6.45) is 0.0701. The number of nitrogens with zero attached hydrogens (tertiary/aromatic N) is 2. The van der Waals surface area contributed by atoms with Crippen LogP contribution in [0.25, 0.3) is 0 Å². The monoisotopic (exact) mass is 273 g/mol. The van der Waals surface area contributed by atoms with Crippen LogP contribution in [0.5, 0.6) is 5.75 Å². The van der Waals surface area contributed by atoms with Crippen molar-refractivity contribution in [2.75, 3.05) is 17.2 Å². The zero-order valence-corrected chi connectivity index (χ0v) is 12.0. The Morgan fingerprint density at radius 1 is 1.50 bits per heavy atom. The van der Waals surface area contributed by atoms with Crippen molar-refractivity contribution in [3.05, 3.63) is 18.2 Å². The van der Waals surface area contributed by atoms with Gasteiger partial charge < -0.3 is 15.4 Å². The molecular weight excluding hydrogens is 254 g/mol. The number of ether oxygens (including phenoxy) is 1. The van der Waals surface area contributed by atoms with E-state index in [4.69, 9.17) is 15.7 Å². The zero-order chi connectivity index (χ0) is 14.9. The Morgan fingerprint density at radius 3 is 2.85 bits per heavy atom. The van der Waals surface area contributed by atoms with E-state index >= 15 is 0 Å². The quantitative estimate of drug-likeness (QED) is 0.857. The van der Waals surface area contributed by atoms with Gasteiger partial charge in [0, 0.05) is 18.3 Å². The molecule has 0 fully saturated rings. The minimum absolute atomic E-state index is 0.0870. The molecule has 0 radical (unpaired) electrons. The molecule has 1 aromatic carbocycles. The minimum atomic E-state index is -0.533. The summed E-state index contributed by atoms with van der Waals surface area (Å²) < 4.78 is 5.58. The summed E-state index contributed by atoms with van der Waals surface area (Å²) >= 11 is 0. The molecular formula is C15H19N3O2. The number of nitrogens with two attached hydrogens (primary N) is 1. The molecule has 1 heterocycles. The summed E-state index contributed by atoms with van der Waals surface area (Å²) in [5.74, 6) is 0.530. The van der Waals surface area contributed by atoms with E-state index in [1.54, 1.807) is 30.0 Å². The number of fused-ring (bicyclic) bond motifs is 1. The van der Waals surface area contributed by atoms with Gasteiger partial charge in [-0.05, 0) is 39.3 Å². The van der Waals surface area contributed by atoms with Crippen molar-refractivity contribution < 1.29 is 9.53 Å². The molecule has 0 saturated heterocycles. The predicted octanol–water partition coefficient (Wildman–Crippen LogP) is 2.32. The van der Waals surface area contributed by atoms with Crippen LogP contribution in [0.2, 0.25) is 0 Å². The van der Waals surface area contributed by atoms with Gasteiger partial charge in [0.25, 0.3) is 5.91 Å². The van der Waals surface area contributed by atoms with E-state index in [2.05, 4.69) is 6.07 Å². The third-order valence-corrected chi connectivity index (χ3v) is 3.46. The van der Waals surface area contributed by atoms with Crippen LogP contribution in [0.3, 0.4) is 0 Å². The third kappa shape index (κ3) is 2.69. The van der Waals surface area contributed by atoms with Gasteiger partial charge in [-0.1, -0.05) is 0 Å². The van der Waals surface area contributed by atoms with Gasteiger partial charge in [0.15, 0.2) is 6.10 Å². The fourth-order valence-corrected chi connectivity index (χ4v) is 2.10. The van der Waals surface area contributed by atoms with Crippen LogP contribution >= 0.6 is 0 Å². The van der Waals surface area contributed by atoms with Gasteiger partial charge in [0.2, 0.25) is 0 Å². The van der Waals surface area contributed by atoms with E-state index in [0.717, 1.165) is 5.69 Å². The SMILES string of the molecule is CC1Oc2cc(N)ccc2N(CCC(C)(C)C#N)C1=O. The van der Waals surface area contributed by atoms with Crippen LogP contribution in [0.1, 0.15) is 27.2 Å². The van der Waals surface area contributed by atoms with Crippen LogP contribution < -0.4 is 15.4 Å². The lowest BCUT2D eigenvalue weighted by molar-refractivity contribution is -0.125. The average molecular weight is 273 g/mol. The molecule has 0 saturated carbocycles. The van der Waals surface area contributed by atoms with Gasteiger partial charge in [0.1, 0.15) is 5.75 Å². The fourth-order valence-electron chi connectivity index (χ4n) is 2.10. The topological polar surface area (TPSA) is 79.3 Å². The molecule has 20 heavy (non-hydrogen) atoms. The van der Waals surface area contributed by atoms with Crippen molar-refractivity contribution in [1.82, 2.24) is 0 Å². The first kappa shape index (κ1) is 14.2. The minimum Gasteiger partial charge on any atom is -0.479 e. The molecule has 5 heteroatoms. The van der Waals surface area contributed by atoms with Gasteiger partial charge in [-0.15, -0.1) is 0 Å². The maximum absolute atomic E-state index is 12.3. The fraction of sp³-hybridized carbons (Fsp3) is 0.467. The lowest BCUT2D eigenvalue weighted by Crippen LogP contribution is -2.45. The Hall–Kier alpha value is -2.22.